The maximum absolute atomic E-state index is 12.1. The predicted octanol–water partition coefficient (Wildman–Crippen LogP) is 2.09. The molecule has 2 aromatic rings. The monoisotopic (exact) mass is 301 g/mol. The highest BCUT2D eigenvalue weighted by atomic mass is 16.6. The number of hydrogen-bond acceptors (Lipinski definition) is 5. The maximum Gasteiger partial charge on any atom is 0.410 e. The number of aromatic nitrogens is 4. The van der Waals surface area contributed by atoms with E-state index in [1.807, 2.05) is 43.5 Å². The molecule has 1 amide bonds. The topological polar surface area (TPSA) is 73.1 Å². The molecular formula is C15H19N5O2. The van der Waals surface area contributed by atoms with Gasteiger partial charge in [0.05, 0.1) is 6.54 Å². The summed E-state index contributed by atoms with van der Waals surface area (Å²) >= 11 is 0. The van der Waals surface area contributed by atoms with Gasteiger partial charge in [-0.2, -0.15) is 0 Å². The van der Waals surface area contributed by atoms with Crippen LogP contribution in [-0.2, 0) is 17.8 Å². The summed E-state index contributed by atoms with van der Waals surface area (Å²) in [5.41, 5.74) is 0.286. The Labute approximate surface area is 128 Å². The standard InChI is InChI=1S/C15H19N5O2/c1-15(2,3)22-14(21)19-8-9-20-12(10-19)17-18-13(20)11-6-4-5-7-16-11/h4-7H,8-10H2,1-3H3. The summed E-state index contributed by atoms with van der Waals surface area (Å²) in [5, 5.41) is 8.39. The second-order valence-electron chi connectivity index (χ2n) is 6.21. The van der Waals surface area contributed by atoms with Gasteiger partial charge in [0.2, 0.25) is 0 Å². The van der Waals surface area contributed by atoms with Crippen LogP contribution in [0.1, 0.15) is 26.6 Å². The van der Waals surface area contributed by atoms with Gasteiger partial charge in [-0.1, -0.05) is 6.07 Å². The molecule has 0 saturated carbocycles. The molecule has 116 valence electrons. The molecule has 22 heavy (non-hydrogen) atoms. The van der Waals surface area contributed by atoms with Crippen LogP contribution in [0.15, 0.2) is 24.4 Å². The second-order valence-corrected chi connectivity index (χ2v) is 6.21. The number of amides is 1. The Balaban J connectivity index is 1.78. The first-order chi connectivity index (χ1) is 10.4. The summed E-state index contributed by atoms with van der Waals surface area (Å²) in [6, 6.07) is 5.68. The van der Waals surface area contributed by atoms with Crippen LogP contribution in [0.5, 0.6) is 0 Å². The van der Waals surface area contributed by atoms with E-state index in [2.05, 4.69) is 15.2 Å². The van der Waals surface area contributed by atoms with Gasteiger partial charge in [0.25, 0.3) is 0 Å². The van der Waals surface area contributed by atoms with E-state index in [1.54, 1.807) is 11.1 Å². The molecule has 1 aliphatic rings. The summed E-state index contributed by atoms with van der Waals surface area (Å²) in [5.74, 6) is 1.48. The number of rotatable bonds is 1. The van der Waals surface area contributed by atoms with Gasteiger partial charge < -0.3 is 9.30 Å². The third kappa shape index (κ3) is 2.93. The number of carbonyl (C=O) groups is 1. The second kappa shape index (κ2) is 5.40. The van der Waals surface area contributed by atoms with E-state index in [0.29, 0.717) is 19.6 Å². The lowest BCUT2D eigenvalue weighted by Gasteiger charge is -2.30. The minimum Gasteiger partial charge on any atom is -0.444 e. The van der Waals surface area contributed by atoms with Crippen molar-refractivity contribution in [1.82, 2.24) is 24.6 Å². The molecule has 0 fully saturated rings. The van der Waals surface area contributed by atoms with Crippen molar-refractivity contribution in [3.05, 3.63) is 30.2 Å². The van der Waals surface area contributed by atoms with Crippen molar-refractivity contribution in [2.24, 2.45) is 0 Å². The van der Waals surface area contributed by atoms with E-state index >= 15 is 0 Å². The first-order valence-corrected chi connectivity index (χ1v) is 7.25. The van der Waals surface area contributed by atoms with Gasteiger partial charge in [0.1, 0.15) is 11.3 Å². The third-order valence-corrected chi connectivity index (χ3v) is 3.30. The fraction of sp³-hybridized carbons (Fsp3) is 0.467. The first kappa shape index (κ1) is 14.5. The zero-order chi connectivity index (χ0) is 15.7. The highest BCUT2D eigenvalue weighted by Crippen LogP contribution is 2.21. The van der Waals surface area contributed by atoms with Crippen molar-refractivity contribution in [2.45, 2.75) is 39.5 Å². The lowest BCUT2D eigenvalue weighted by atomic mass is 10.2. The summed E-state index contributed by atoms with van der Waals surface area (Å²) < 4.78 is 7.40. The number of ether oxygens (including phenoxy) is 1. The lowest BCUT2D eigenvalue weighted by molar-refractivity contribution is 0.0196. The predicted molar refractivity (Wildman–Crippen MR) is 79.9 cm³/mol. The number of hydrogen-bond donors (Lipinski definition) is 0. The summed E-state index contributed by atoms with van der Waals surface area (Å²) in [6.45, 7) is 7.17. The first-order valence-electron chi connectivity index (χ1n) is 7.25. The van der Waals surface area contributed by atoms with Gasteiger partial charge in [0.15, 0.2) is 11.6 Å². The molecule has 1 aliphatic heterocycles. The SMILES string of the molecule is CC(C)(C)OC(=O)N1CCn2c(nnc2-c2ccccn2)C1. The fourth-order valence-corrected chi connectivity index (χ4v) is 2.32. The van der Waals surface area contributed by atoms with Crippen LogP contribution in [0.4, 0.5) is 4.79 Å². The zero-order valence-electron chi connectivity index (χ0n) is 13.0. The molecular weight excluding hydrogens is 282 g/mol. The fourth-order valence-electron chi connectivity index (χ4n) is 2.32. The van der Waals surface area contributed by atoms with Crippen molar-refractivity contribution in [3.63, 3.8) is 0 Å². The Kier molecular flexibility index (Phi) is 3.56. The van der Waals surface area contributed by atoms with Crippen molar-refractivity contribution in [2.75, 3.05) is 6.54 Å². The minimum absolute atomic E-state index is 0.318. The average Bonchev–Trinajstić information content (AvgIpc) is 2.89. The highest BCUT2D eigenvalue weighted by Gasteiger charge is 2.28. The van der Waals surface area contributed by atoms with Crippen molar-refractivity contribution in [1.29, 1.82) is 0 Å². The van der Waals surface area contributed by atoms with Gasteiger partial charge in [-0.25, -0.2) is 4.79 Å². The minimum atomic E-state index is -0.499. The van der Waals surface area contributed by atoms with Crippen LogP contribution in [0.3, 0.4) is 0 Å². The Bertz CT molecular complexity index is 675. The Morgan fingerprint density at radius 3 is 2.73 bits per heavy atom. The molecule has 7 nitrogen and oxygen atoms in total. The van der Waals surface area contributed by atoms with Crippen LogP contribution in [-0.4, -0.2) is 42.9 Å². The maximum atomic E-state index is 12.1. The summed E-state index contributed by atoms with van der Waals surface area (Å²) in [4.78, 5) is 18.1. The number of nitrogens with zero attached hydrogens (tertiary/aromatic N) is 5. The average molecular weight is 301 g/mol. The molecule has 2 aromatic heterocycles. The molecule has 0 spiro atoms. The summed E-state index contributed by atoms with van der Waals surface area (Å²) in [6.07, 6.45) is 1.41. The molecule has 0 N–H and O–H groups in total. The normalized spacial score (nSPS) is 14.6. The number of fused-ring (bicyclic) bond motifs is 1. The zero-order valence-corrected chi connectivity index (χ0v) is 13.0. The Morgan fingerprint density at radius 2 is 2.05 bits per heavy atom. The molecule has 3 heterocycles. The van der Waals surface area contributed by atoms with E-state index in [9.17, 15) is 4.79 Å². The smallest absolute Gasteiger partial charge is 0.410 e. The van der Waals surface area contributed by atoms with Crippen molar-refractivity contribution < 1.29 is 9.53 Å². The van der Waals surface area contributed by atoms with E-state index in [1.165, 1.54) is 0 Å². The number of carbonyl (C=O) groups excluding carboxylic acids is 1. The van der Waals surface area contributed by atoms with Gasteiger partial charge in [-0.15, -0.1) is 10.2 Å². The molecule has 0 unspecified atom stereocenters. The van der Waals surface area contributed by atoms with Crippen LogP contribution >= 0.6 is 0 Å². The highest BCUT2D eigenvalue weighted by molar-refractivity contribution is 5.68. The molecule has 7 heteroatoms. The molecule has 0 saturated heterocycles. The molecule has 3 rings (SSSR count). The van der Waals surface area contributed by atoms with Crippen molar-refractivity contribution in [3.8, 4) is 11.5 Å². The molecule has 0 aliphatic carbocycles. The van der Waals surface area contributed by atoms with Crippen LogP contribution < -0.4 is 0 Å². The molecule has 0 aromatic carbocycles. The largest absolute Gasteiger partial charge is 0.444 e. The van der Waals surface area contributed by atoms with Crippen LogP contribution in [0.2, 0.25) is 0 Å². The molecule has 0 atom stereocenters. The van der Waals surface area contributed by atoms with Crippen LogP contribution in [0.25, 0.3) is 11.5 Å². The van der Waals surface area contributed by atoms with Crippen LogP contribution in [0, 0.1) is 0 Å². The van der Waals surface area contributed by atoms with Crippen molar-refractivity contribution >= 4 is 6.09 Å². The van der Waals surface area contributed by atoms with Gasteiger partial charge >= 0.3 is 6.09 Å². The van der Waals surface area contributed by atoms with E-state index in [-0.39, 0.29) is 6.09 Å². The Hall–Kier alpha value is -2.44. The quantitative estimate of drug-likeness (QED) is 0.806. The van der Waals surface area contributed by atoms with E-state index in [0.717, 1.165) is 17.3 Å². The third-order valence-electron chi connectivity index (χ3n) is 3.30. The van der Waals surface area contributed by atoms with E-state index in [4.69, 9.17) is 4.74 Å². The molecule has 0 radical (unpaired) electrons. The lowest BCUT2D eigenvalue weighted by Crippen LogP contribution is -2.41. The number of pyridine rings is 1. The van der Waals surface area contributed by atoms with Gasteiger partial charge in [0, 0.05) is 19.3 Å². The van der Waals surface area contributed by atoms with Gasteiger partial charge in [-0.3, -0.25) is 9.88 Å². The Morgan fingerprint density at radius 1 is 1.23 bits per heavy atom. The van der Waals surface area contributed by atoms with E-state index < -0.39 is 5.60 Å². The van der Waals surface area contributed by atoms with Gasteiger partial charge in [-0.05, 0) is 32.9 Å². The molecule has 0 bridgehead atoms. The summed E-state index contributed by atoms with van der Waals surface area (Å²) in [7, 11) is 0.